The van der Waals surface area contributed by atoms with Crippen LogP contribution < -0.4 is 5.32 Å². The number of amides is 1. The lowest BCUT2D eigenvalue weighted by Gasteiger charge is -2.42. The van der Waals surface area contributed by atoms with E-state index in [0.717, 1.165) is 30.5 Å². The number of nitrogens with one attached hydrogen (secondary N) is 1. The first-order valence-electron chi connectivity index (χ1n) is 9.91. The van der Waals surface area contributed by atoms with Crippen LogP contribution in [0.4, 0.5) is 5.69 Å². The van der Waals surface area contributed by atoms with E-state index in [-0.39, 0.29) is 22.0 Å². The summed E-state index contributed by atoms with van der Waals surface area (Å²) < 4.78 is 0. The predicted molar refractivity (Wildman–Crippen MR) is 115 cm³/mol. The number of hydrogen-bond acceptors (Lipinski definition) is 3. The molecule has 0 atom stereocenters. The number of hydrogen-bond donors (Lipinski definition) is 3. The SMILES string of the molecule is Cc1cc2c(cc1NC(=O)c1ccc(C(=O)O)c(C(=O)O)c1)C(C)(C)CCC2(C)C. The standard InChI is InChI=1S/C24H27NO5/c1-13-10-17-18(24(4,5)9-8-23(17,2)3)12-19(13)25-20(26)14-6-7-15(21(27)28)16(11-14)22(29)30/h6-7,10-12H,8-9H2,1-5H3,(H,25,26)(H,27,28)(H,29,30). The first kappa shape index (κ1) is 21.6. The number of rotatable bonds is 4. The number of benzene rings is 2. The second-order valence-electron chi connectivity index (χ2n) is 9.31. The maximum absolute atomic E-state index is 12.8. The number of fused-ring (bicyclic) bond motifs is 1. The van der Waals surface area contributed by atoms with Crippen molar-refractivity contribution in [3.63, 3.8) is 0 Å². The molecular weight excluding hydrogens is 382 g/mol. The minimum absolute atomic E-state index is 0.0162. The highest BCUT2D eigenvalue weighted by molar-refractivity contribution is 6.08. The minimum Gasteiger partial charge on any atom is -0.478 e. The van der Waals surface area contributed by atoms with Gasteiger partial charge in [-0.25, -0.2) is 9.59 Å². The Morgan fingerprint density at radius 1 is 0.833 bits per heavy atom. The van der Waals surface area contributed by atoms with E-state index in [2.05, 4.69) is 39.1 Å². The summed E-state index contributed by atoms with van der Waals surface area (Å²) in [5.41, 5.74) is 3.44. The van der Waals surface area contributed by atoms with Gasteiger partial charge in [-0.1, -0.05) is 33.8 Å². The molecule has 158 valence electrons. The molecule has 1 aliphatic carbocycles. The van der Waals surface area contributed by atoms with E-state index < -0.39 is 23.4 Å². The molecule has 6 nitrogen and oxygen atoms in total. The highest BCUT2D eigenvalue weighted by Gasteiger charge is 2.37. The third-order valence-corrected chi connectivity index (χ3v) is 6.19. The van der Waals surface area contributed by atoms with Gasteiger partial charge < -0.3 is 15.5 Å². The van der Waals surface area contributed by atoms with Gasteiger partial charge in [0.25, 0.3) is 5.91 Å². The third-order valence-electron chi connectivity index (χ3n) is 6.19. The zero-order chi connectivity index (χ0) is 22.4. The number of carbonyl (C=O) groups is 3. The molecule has 0 radical (unpaired) electrons. The normalized spacial score (nSPS) is 16.4. The molecule has 30 heavy (non-hydrogen) atoms. The van der Waals surface area contributed by atoms with Crippen LogP contribution >= 0.6 is 0 Å². The fraction of sp³-hybridized carbons (Fsp3) is 0.375. The van der Waals surface area contributed by atoms with Gasteiger partial charge in [-0.15, -0.1) is 0 Å². The van der Waals surface area contributed by atoms with Crippen molar-refractivity contribution in [1.29, 1.82) is 0 Å². The molecule has 6 heteroatoms. The molecule has 2 aromatic rings. The maximum atomic E-state index is 12.8. The first-order valence-corrected chi connectivity index (χ1v) is 9.91. The molecule has 1 amide bonds. The number of anilines is 1. The average Bonchev–Trinajstić information content (AvgIpc) is 2.66. The summed E-state index contributed by atoms with van der Waals surface area (Å²) in [7, 11) is 0. The van der Waals surface area contributed by atoms with Gasteiger partial charge in [0.15, 0.2) is 0 Å². The Morgan fingerprint density at radius 2 is 1.37 bits per heavy atom. The van der Waals surface area contributed by atoms with E-state index in [4.69, 9.17) is 5.11 Å². The van der Waals surface area contributed by atoms with Crippen LogP contribution in [0.3, 0.4) is 0 Å². The zero-order valence-electron chi connectivity index (χ0n) is 17.9. The van der Waals surface area contributed by atoms with Crippen LogP contribution in [0.1, 0.15) is 88.3 Å². The van der Waals surface area contributed by atoms with Crippen molar-refractivity contribution in [2.24, 2.45) is 0 Å². The Labute approximate surface area is 175 Å². The molecule has 0 saturated heterocycles. The average molecular weight is 409 g/mol. The molecule has 0 spiro atoms. The van der Waals surface area contributed by atoms with Crippen molar-refractivity contribution in [1.82, 2.24) is 0 Å². The second kappa shape index (κ2) is 7.27. The van der Waals surface area contributed by atoms with Crippen LogP contribution in [0.25, 0.3) is 0 Å². The Balaban J connectivity index is 2.00. The molecule has 0 bridgehead atoms. The molecule has 3 N–H and O–H groups in total. The second-order valence-corrected chi connectivity index (χ2v) is 9.31. The lowest BCUT2D eigenvalue weighted by Crippen LogP contribution is -2.34. The smallest absolute Gasteiger partial charge is 0.336 e. The van der Waals surface area contributed by atoms with Gasteiger partial charge in [-0.2, -0.15) is 0 Å². The van der Waals surface area contributed by atoms with Crippen LogP contribution in [-0.4, -0.2) is 28.1 Å². The van der Waals surface area contributed by atoms with Crippen molar-refractivity contribution in [2.45, 2.75) is 58.3 Å². The van der Waals surface area contributed by atoms with Gasteiger partial charge in [-0.05, 0) is 71.6 Å². The quantitative estimate of drug-likeness (QED) is 0.660. The number of carboxylic acid groups (broad SMARTS) is 2. The number of carboxylic acids is 2. The van der Waals surface area contributed by atoms with Gasteiger partial charge in [-0.3, -0.25) is 4.79 Å². The summed E-state index contributed by atoms with van der Waals surface area (Å²) in [6.45, 7) is 10.8. The molecule has 0 fully saturated rings. The Bertz CT molecular complexity index is 1070. The monoisotopic (exact) mass is 409 g/mol. The maximum Gasteiger partial charge on any atom is 0.336 e. The van der Waals surface area contributed by atoms with Crippen LogP contribution in [0, 0.1) is 6.92 Å². The van der Waals surface area contributed by atoms with E-state index >= 15 is 0 Å². The lowest BCUT2D eigenvalue weighted by atomic mass is 9.63. The van der Waals surface area contributed by atoms with Crippen molar-refractivity contribution in [3.8, 4) is 0 Å². The van der Waals surface area contributed by atoms with E-state index in [1.165, 1.54) is 17.2 Å². The van der Waals surface area contributed by atoms with Gasteiger partial charge >= 0.3 is 11.9 Å². The van der Waals surface area contributed by atoms with Crippen LogP contribution in [0.2, 0.25) is 0 Å². The van der Waals surface area contributed by atoms with Crippen LogP contribution in [-0.2, 0) is 10.8 Å². The fourth-order valence-electron chi connectivity index (χ4n) is 4.10. The van der Waals surface area contributed by atoms with E-state index in [9.17, 15) is 19.5 Å². The van der Waals surface area contributed by atoms with Gasteiger partial charge in [0, 0.05) is 11.3 Å². The van der Waals surface area contributed by atoms with Gasteiger partial charge in [0.1, 0.15) is 0 Å². The summed E-state index contributed by atoms with van der Waals surface area (Å²) >= 11 is 0. The summed E-state index contributed by atoms with van der Waals surface area (Å²) in [6, 6.07) is 7.72. The zero-order valence-corrected chi connectivity index (χ0v) is 17.9. The van der Waals surface area contributed by atoms with Crippen LogP contribution in [0.5, 0.6) is 0 Å². The van der Waals surface area contributed by atoms with E-state index in [1.807, 2.05) is 13.0 Å². The molecule has 1 aliphatic rings. The third kappa shape index (κ3) is 3.82. The highest BCUT2D eigenvalue weighted by Crippen LogP contribution is 2.47. The lowest BCUT2D eigenvalue weighted by molar-refractivity contribution is 0.0651. The molecule has 3 rings (SSSR count). The fourth-order valence-corrected chi connectivity index (χ4v) is 4.10. The topological polar surface area (TPSA) is 104 Å². The molecule has 0 aromatic heterocycles. The van der Waals surface area contributed by atoms with Crippen molar-refractivity contribution in [3.05, 3.63) is 63.7 Å². The first-order chi connectivity index (χ1) is 13.8. The van der Waals surface area contributed by atoms with E-state index in [1.54, 1.807) is 0 Å². The summed E-state index contributed by atoms with van der Waals surface area (Å²) in [5, 5.41) is 21.3. The highest BCUT2D eigenvalue weighted by atomic mass is 16.4. The molecule has 0 saturated carbocycles. The van der Waals surface area contributed by atoms with Gasteiger partial charge in [0.05, 0.1) is 11.1 Å². The largest absolute Gasteiger partial charge is 0.478 e. The van der Waals surface area contributed by atoms with Crippen molar-refractivity contribution >= 4 is 23.5 Å². The minimum atomic E-state index is -1.39. The van der Waals surface area contributed by atoms with Crippen molar-refractivity contribution < 1.29 is 24.6 Å². The molecule has 2 aromatic carbocycles. The number of aryl methyl sites for hydroxylation is 1. The Kier molecular flexibility index (Phi) is 5.23. The Hall–Kier alpha value is -3.15. The predicted octanol–water partition coefficient (Wildman–Crippen LogP) is 4.99. The van der Waals surface area contributed by atoms with Crippen LogP contribution in [0.15, 0.2) is 30.3 Å². The van der Waals surface area contributed by atoms with Crippen molar-refractivity contribution in [2.75, 3.05) is 5.32 Å². The van der Waals surface area contributed by atoms with Gasteiger partial charge in [0.2, 0.25) is 0 Å². The summed E-state index contributed by atoms with van der Waals surface area (Å²) in [5.74, 6) is -3.23. The molecule has 0 unspecified atom stereocenters. The summed E-state index contributed by atoms with van der Waals surface area (Å²) in [4.78, 5) is 35.5. The summed E-state index contributed by atoms with van der Waals surface area (Å²) in [6.07, 6.45) is 2.13. The molecular formula is C24H27NO5. The number of carbonyl (C=O) groups excluding carboxylic acids is 1. The molecule has 0 heterocycles. The van der Waals surface area contributed by atoms with E-state index in [0.29, 0.717) is 5.69 Å². The molecule has 0 aliphatic heterocycles. The number of aromatic carboxylic acids is 2. The Morgan fingerprint density at radius 3 is 1.90 bits per heavy atom.